The molecule has 0 atom stereocenters. The van der Waals surface area contributed by atoms with Gasteiger partial charge in [-0.25, -0.2) is 0 Å². The van der Waals surface area contributed by atoms with Crippen molar-refractivity contribution in [1.82, 2.24) is 0 Å². The predicted octanol–water partition coefficient (Wildman–Crippen LogP) is 0.223. The first kappa shape index (κ1) is 5.08. The largest absolute Gasteiger partial charge is 0.411 e. The minimum atomic E-state index is 0.599. The summed E-state index contributed by atoms with van der Waals surface area (Å²) in [5, 5.41) is 14.3. The average molecular weight is 114 g/mol. The van der Waals surface area contributed by atoms with Crippen LogP contribution in [-0.2, 0) is 4.84 Å². The Hall–Kier alpha value is -1.06. The maximum absolute atomic E-state index is 7.96. The number of nitrogens with zero attached hydrogens (tertiary/aromatic N) is 2. The topological polar surface area (TPSA) is 54.2 Å². The van der Waals surface area contributed by atoms with E-state index in [-0.39, 0.29) is 0 Å². The molecule has 0 fully saturated rings. The molecule has 0 aliphatic carbocycles. The van der Waals surface area contributed by atoms with Gasteiger partial charge in [0.1, 0.15) is 12.3 Å². The minimum absolute atomic E-state index is 0.599. The van der Waals surface area contributed by atoms with Crippen LogP contribution in [0, 0.1) is 0 Å². The first-order valence-electron chi connectivity index (χ1n) is 2.30. The van der Waals surface area contributed by atoms with Gasteiger partial charge in [0.05, 0.1) is 6.21 Å². The summed E-state index contributed by atoms with van der Waals surface area (Å²) in [6.07, 6.45) is 2.01. The highest BCUT2D eigenvalue weighted by Gasteiger charge is 2.03. The van der Waals surface area contributed by atoms with Gasteiger partial charge in [0.2, 0.25) is 0 Å². The molecule has 0 amide bonds. The molecule has 1 aliphatic heterocycles. The Morgan fingerprint density at radius 2 is 2.75 bits per heavy atom. The molecule has 0 aromatic rings. The number of oxime groups is 2. The molecule has 1 heterocycles. The van der Waals surface area contributed by atoms with Crippen LogP contribution < -0.4 is 0 Å². The fourth-order valence-corrected chi connectivity index (χ4v) is 0.479. The Morgan fingerprint density at radius 3 is 3.25 bits per heavy atom. The van der Waals surface area contributed by atoms with Gasteiger partial charge in [-0.3, -0.25) is 0 Å². The van der Waals surface area contributed by atoms with Crippen molar-refractivity contribution in [2.75, 3.05) is 6.61 Å². The molecular formula is C4H6N2O2. The van der Waals surface area contributed by atoms with Crippen LogP contribution >= 0.6 is 0 Å². The summed E-state index contributed by atoms with van der Waals surface area (Å²) >= 11 is 0. The Balaban J connectivity index is 2.45. The maximum atomic E-state index is 7.96. The van der Waals surface area contributed by atoms with Crippen LogP contribution in [0.25, 0.3) is 0 Å². The minimum Gasteiger partial charge on any atom is -0.411 e. The zero-order valence-corrected chi connectivity index (χ0v) is 4.24. The molecule has 4 heteroatoms. The molecule has 0 aromatic heterocycles. The van der Waals surface area contributed by atoms with Crippen molar-refractivity contribution in [2.24, 2.45) is 10.3 Å². The lowest BCUT2D eigenvalue weighted by atomic mass is 10.3. The normalized spacial score (nSPS) is 18.8. The van der Waals surface area contributed by atoms with Gasteiger partial charge in [-0.05, 0) is 0 Å². The molecule has 0 bridgehead atoms. The van der Waals surface area contributed by atoms with Crippen LogP contribution in [-0.4, -0.2) is 23.7 Å². The van der Waals surface area contributed by atoms with Gasteiger partial charge < -0.3 is 10.0 Å². The highest BCUT2D eigenvalue weighted by atomic mass is 16.6. The second-order valence-corrected chi connectivity index (χ2v) is 1.41. The highest BCUT2D eigenvalue weighted by Crippen LogP contribution is 1.96. The van der Waals surface area contributed by atoms with E-state index >= 15 is 0 Å². The van der Waals surface area contributed by atoms with Gasteiger partial charge in [0, 0.05) is 6.42 Å². The van der Waals surface area contributed by atoms with E-state index in [4.69, 9.17) is 5.21 Å². The van der Waals surface area contributed by atoms with Crippen LogP contribution in [0.3, 0.4) is 0 Å². The summed E-state index contributed by atoms with van der Waals surface area (Å²) in [6.45, 7) is 0.599. The van der Waals surface area contributed by atoms with Crippen molar-refractivity contribution in [3.63, 3.8) is 0 Å². The van der Waals surface area contributed by atoms with E-state index < -0.39 is 0 Å². The van der Waals surface area contributed by atoms with E-state index in [1.807, 2.05) is 0 Å². The van der Waals surface area contributed by atoms with E-state index in [0.717, 1.165) is 6.42 Å². The van der Waals surface area contributed by atoms with E-state index in [1.54, 1.807) is 0 Å². The second-order valence-electron chi connectivity index (χ2n) is 1.41. The van der Waals surface area contributed by atoms with Gasteiger partial charge in [-0.2, -0.15) is 0 Å². The summed E-state index contributed by atoms with van der Waals surface area (Å²) in [5.41, 5.74) is 0.688. The lowest BCUT2D eigenvalue weighted by molar-refractivity contribution is 0.174. The molecule has 0 radical (unpaired) electrons. The lowest BCUT2D eigenvalue weighted by Crippen LogP contribution is -1.94. The average Bonchev–Trinajstić information content (AvgIpc) is 2.19. The van der Waals surface area contributed by atoms with Crippen molar-refractivity contribution in [3.8, 4) is 0 Å². The Labute approximate surface area is 46.4 Å². The fourth-order valence-electron chi connectivity index (χ4n) is 0.479. The number of hydrogen-bond acceptors (Lipinski definition) is 4. The van der Waals surface area contributed by atoms with Crippen molar-refractivity contribution >= 4 is 11.9 Å². The van der Waals surface area contributed by atoms with E-state index in [9.17, 15) is 0 Å². The smallest absolute Gasteiger partial charge is 0.122 e. The van der Waals surface area contributed by atoms with Gasteiger partial charge in [0.15, 0.2) is 0 Å². The number of rotatable bonds is 1. The summed E-state index contributed by atoms with van der Waals surface area (Å²) in [5.74, 6) is 0. The van der Waals surface area contributed by atoms with Crippen molar-refractivity contribution in [3.05, 3.63) is 0 Å². The Morgan fingerprint density at radius 1 is 1.88 bits per heavy atom. The molecule has 0 saturated heterocycles. The third-order valence-electron chi connectivity index (χ3n) is 0.838. The Kier molecular flexibility index (Phi) is 1.46. The van der Waals surface area contributed by atoms with E-state index in [2.05, 4.69) is 15.1 Å². The molecule has 0 saturated carbocycles. The van der Waals surface area contributed by atoms with Gasteiger partial charge in [0.25, 0.3) is 0 Å². The van der Waals surface area contributed by atoms with Crippen LogP contribution in [0.1, 0.15) is 6.42 Å². The van der Waals surface area contributed by atoms with E-state index in [0.29, 0.717) is 12.3 Å². The molecule has 1 N–H and O–H groups in total. The molecule has 4 nitrogen and oxygen atoms in total. The predicted molar refractivity (Wildman–Crippen MR) is 28.3 cm³/mol. The molecule has 0 spiro atoms. The molecule has 1 aliphatic rings. The SMILES string of the molecule is ON=CC1=NOCC1. The van der Waals surface area contributed by atoms with Gasteiger partial charge in [-0.1, -0.05) is 10.3 Å². The van der Waals surface area contributed by atoms with Crippen molar-refractivity contribution in [1.29, 1.82) is 0 Å². The third kappa shape index (κ3) is 0.959. The molecule has 0 aromatic carbocycles. The van der Waals surface area contributed by atoms with Crippen molar-refractivity contribution < 1.29 is 10.0 Å². The summed E-state index contributed by atoms with van der Waals surface area (Å²) < 4.78 is 0. The lowest BCUT2D eigenvalue weighted by Gasteiger charge is -1.76. The summed E-state index contributed by atoms with van der Waals surface area (Å²) in [7, 11) is 0. The van der Waals surface area contributed by atoms with Gasteiger partial charge >= 0.3 is 0 Å². The fraction of sp³-hybridized carbons (Fsp3) is 0.500. The molecule has 1 rings (SSSR count). The van der Waals surface area contributed by atoms with Crippen LogP contribution in [0.15, 0.2) is 10.3 Å². The zero-order valence-electron chi connectivity index (χ0n) is 4.24. The van der Waals surface area contributed by atoms with Crippen LogP contribution in [0.2, 0.25) is 0 Å². The zero-order chi connectivity index (χ0) is 5.82. The van der Waals surface area contributed by atoms with E-state index in [1.165, 1.54) is 6.21 Å². The quantitative estimate of drug-likeness (QED) is 0.301. The second kappa shape index (κ2) is 2.30. The Bertz CT molecular complexity index is 130. The van der Waals surface area contributed by atoms with Crippen LogP contribution in [0.4, 0.5) is 0 Å². The molecule has 44 valence electrons. The summed E-state index contributed by atoms with van der Waals surface area (Å²) in [6, 6.07) is 0. The van der Waals surface area contributed by atoms with Crippen LogP contribution in [0.5, 0.6) is 0 Å². The first-order chi connectivity index (χ1) is 3.93. The number of hydrogen-bond donors (Lipinski definition) is 1. The third-order valence-corrected chi connectivity index (χ3v) is 0.838. The summed E-state index contributed by atoms with van der Waals surface area (Å²) in [4.78, 5) is 4.60. The molecule has 8 heavy (non-hydrogen) atoms. The molecule has 0 unspecified atom stereocenters. The highest BCUT2D eigenvalue weighted by molar-refractivity contribution is 6.30. The van der Waals surface area contributed by atoms with Crippen molar-refractivity contribution in [2.45, 2.75) is 6.42 Å². The maximum Gasteiger partial charge on any atom is 0.122 e. The monoisotopic (exact) mass is 114 g/mol. The van der Waals surface area contributed by atoms with Gasteiger partial charge in [-0.15, -0.1) is 0 Å². The first-order valence-corrected chi connectivity index (χ1v) is 2.30. The standard InChI is InChI=1S/C4H6N2O2/c7-5-3-4-1-2-8-6-4/h3,7H,1-2H2. The molecular weight excluding hydrogens is 108 g/mol.